The molecule has 1 fully saturated rings. The summed E-state index contributed by atoms with van der Waals surface area (Å²) in [6, 6.07) is 17.3. The van der Waals surface area contributed by atoms with Crippen LogP contribution in [0.25, 0.3) is 16.6 Å². The number of benzene rings is 3. The fourth-order valence-electron chi connectivity index (χ4n) is 4.51. The molecule has 1 saturated heterocycles. The molecular formula is C28H26N4O5S. The van der Waals surface area contributed by atoms with Gasteiger partial charge in [-0.3, -0.25) is 24.3 Å². The van der Waals surface area contributed by atoms with Crippen LogP contribution in [0.5, 0.6) is 0 Å². The third-order valence-electron chi connectivity index (χ3n) is 6.36. The molecule has 0 N–H and O–H groups in total. The second-order valence-corrected chi connectivity index (χ2v) is 10.2. The van der Waals surface area contributed by atoms with E-state index in [1.807, 2.05) is 32.0 Å². The van der Waals surface area contributed by atoms with Crippen molar-refractivity contribution in [2.24, 2.45) is 0 Å². The highest BCUT2D eigenvalue weighted by Crippen LogP contribution is 2.27. The van der Waals surface area contributed by atoms with Crippen molar-refractivity contribution in [3.63, 3.8) is 0 Å². The van der Waals surface area contributed by atoms with E-state index in [4.69, 9.17) is 9.72 Å². The Morgan fingerprint density at radius 3 is 2.37 bits per heavy atom. The number of thioether (sulfide) groups is 1. The molecule has 0 aliphatic carbocycles. The molecule has 1 amide bonds. The smallest absolute Gasteiger partial charge is 0.269 e. The SMILES string of the molecule is Cc1cc(C)cc(-n2c(SCc3ccc([N+](=O)[O-])cc3)nc3cc(C(=O)N4CCOCC4)ccc3c2=O)c1. The van der Waals surface area contributed by atoms with Crippen LogP contribution in [0.1, 0.15) is 27.0 Å². The van der Waals surface area contributed by atoms with Crippen LogP contribution in [-0.4, -0.2) is 51.6 Å². The topological polar surface area (TPSA) is 108 Å². The van der Waals surface area contributed by atoms with Crippen LogP contribution in [0, 0.1) is 24.0 Å². The molecule has 0 radical (unpaired) electrons. The zero-order valence-corrected chi connectivity index (χ0v) is 21.9. The van der Waals surface area contributed by atoms with E-state index < -0.39 is 4.92 Å². The summed E-state index contributed by atoms with van der Waals surface area (Å²) in [6.07, 6.45) is 0. The number of carbonyl (C=O) groups is 1. The summed E-state index contributed by atoms with van der Waals surface area (Å²) in [5, 5.41) is 11.9. The maximum Gasteiger partial charge on any atom is 0.269 e. The fraction of sp³-hybridized carbons (Fsp3) is 0.250. The highest BCUT2D eigenvalue weighted by molar-refractivity contribution is 7.98. The van der Waals surface area contributed by atoms with Gasteiger partial charge in [0.25, 0.3) is 17.2 Å². The molecule has 194 valence electrons. The molecule has 5 rings (SSSR count). The molecule has 3 aromatic carbocycles. The number of fused-ring (bicyclic) bond motifs is 1. The number of morpholine rings is 1. The van der Waals surface area contributed by atoms with Gasteiger partial charge in [-0.15, -0.1) is 0 Å². The van der Waals surface area contributed by atoms with Gasteiger partial charge in [0.1, 0.15) is 0 Å². The second-order valence-electron chi connectivity index (χ2n) is 9.23. The summed E-state index contributed by atoms with van der Waals surface area (Å²) in [5.41, 5.74) is 4.32. The minimum atomic E-state index is -0.435. The van der Waals surface area contributed by atoms with Gasteiger partial charge in [-0.25, -0.2) is 4.98 Å². The molecule has 0 saturated carbocycles. The lowest BCUT2D eigenvalue weighted by Gasteiger charge is -2.26. The van der Waals surface area contributed by atoms with Crippen molar-refractivity contribution in [1.82, 2.24) is 14.5 Å². The lowest BCUT2D eigenvalue weighted by atomic mass is 10.1. The van der Waals surface area contributed by atoms with Crippen LogP contribution in [-0.2, 0) is 10.5 Å². The third kappa shape index (κ3) is 5.32. The first-order valence-corrected chi connectivity index (χ1v) is 13.2. The molecule has 4 aromatic rings. The summed E-state index contributed by atoms with van der Waals surface area (Å²) in [4.78, 5) is 44.0. The number of nitrogens with zero attached hydrogens (tertiary/aromatic N) is 4. The number of hydrogen-bond donors (Lipinski definition) is 0. The maximum absolute atomic E-state index is 13.8. The van der Waals surface area contributed by atoms with Crippen molar-refractivity contribution in [2.75, 3.05) is 26.3 Å². The van der Waals surface area contributed by atoms with E-state index in [2.05, 4.69) is 0 Å². The van der Waals surface area contributed by atoms with E-state index in [1.165, 1.54) is 23.9 Å². The van der Waals surface area contributed by atoms with Gasteiger partial charge in [-0.2, -0.15) is 0 Å². The van der Waals surface area contributed by atoms with Crippen molar-refractivity contribution >= 4 is 34.3 Å². The van der Waals surface area contributed by atoms with E-state index in [9.17, 15) is 19.7 Å². The van der Waals surface area contributed by atoms with E-state index >= 15 is 0 Å². The Labute approximate surface area is 223 Å². The van der Waals surface area contributed by atoms with Gasteiger partial charge in [0, 0.05) is 36.5 Å². The summed E-state index contributed by atoms with van der Waals surface area (Å²) < 4.78 is 6.95. The van der Waals surface area contributed by atoms with E-state index in [-0.39, 0.29) is 17.2 Å². The van der Waals surface area contributed by atoms with Crippen LogP contribution in [0.2, 0.25) is 0 Å². The minimum absolute atomic E-state index is 0.0205. The number of nitro groups is 1. The first-order valence-electron chi connectivity index (χ1n) is 12.2. The molecule has 38 heavy (non-hydrogen) atoms. The maximum atomic E-state index is 13.8. The van der Waals surface area contributed by atoms with Gasteiger partial charge < -0.3 is 9.64 Å². The quantitative estimate of drug-likeness (QED) is 0.154. The van der Waals surface area contributed by atoms with E-state index in [0.29, 0.717) is 59.4 Å². The number of amides is 1. The Kier molecular flexibility index (Phi) is 7.26. The van der Waals surface area contributed by atoms with Crippen molar-refractivity contribution in [2.45, 2.75) is 24.8 Å². The molecule has 0 spiro atoms. The number of aryl methyl sites for hydroxylation is 2. The normalized spacial score (nSPS) is 13.6. The molecule has 1 aliphatic heterocycles. The number of aromatic nitrogens is 2. The molecular weight excluding hydrogens is 504 g/mol. The predicted octanol–water partition coefficient (Wildman–Crippen LogP) is 4.68. The second kappa shape index (κ2) is 10.8. The average Bonchev–Trinajstić information content (AvgIpc) is 2.91. The van der Waals surface area contributed by atoms with Crippen LogP contribution in [0.4, 0.5) is 5.69 Å². The van der Waals surface area contributed by atoms with Gasteiger partial charge in [-0.1, -0.05) is 30.0 Å². The van der Waals surface area contributed by atoms with Crippen molar-refractivity contribution in [3.8, 4) is 5.69 Å². The zero-order valence-electron chi connectivity index (χ0n) is 21.0. The Morgan fingerprint density at radius 2 is 1.71 bits per heavy atom. The lowest BCUT2D eigenvalue weighted by molar-refractivity contribution is -0.384. The Bertz CT molecular complexity index is 1570. The van der Waals surface area contributed by atoms with Crippen LogP contribution in [0.3, 0.4) is 0 Å². The first-order chi connectivity index (χ1) is 18.3. The summed E-state index contributed by atoms with van der Waals surface area (Å²) >= 11 is 1.36. The largest absolute Gasteiger partial charge is 0.378 e. The first kappa shape index (κ1) is 25.6. The predicted molar refractivity (Wildman–Crippen MR) is 146 cm³/mol. The van der Waals surface area contributed by atoms with Gasteiger partial charge in [0.2, 0.25) is 0 Å². The van der Waals surface area contributed by atoms with Crippen molar-refractivity contribution in [3.05, 3.63) is 103 Å². The monoisotopic (exact) mass is 530 g/mol. The van der Waals surface area contributed by atoms with Crippen LogP contribution in [0.15, 0.2) is 70.6 Å². The molecule has 0 bridgehead atoms. The van der Waals surface area contributed by atoms with Gasteiger partial charge in [-0.05, 0) is 60.9 Å². The fourth-order valence-corrected chi connectivity index (χ4v) is 5.48. The number of carbonyl (C=O) groups excluding carboxylic acids is 1. The minimum Gasteiger partial charge on any atom is -0.378 e. The zero-order chi connectivity index (χ0) is 26.8. The molecule has 1 aliphatic rings. The van der Waals surface area contributed by atoms with Gasteiger partial charge >= 0.3 is 0 Å². The van der Waals surface area contributed by atoms with Crippen molar-refractivity contribution < 1.29 is 14.5 Å². The summed E-state index contributed by atoms with van der Waals surface area (Å²) in [7, 11) is 0. The summed E-state index contributed by atoms with van der Waals surface area (Å²) in [6.45, 7) is 6.00. The number of hydrogen-bond acceptors (Lipinski definition) is 7. The lowest BCUT2D eigenvalue weighted by Crippen LogP contribution is -2.40. The Balaban J connectivity index is 1.57. The molecule has 9 nitrogen and oxygen atoms in total. The van der Waals surface area contributed by atoms with E-state index in [1.54, 1.807) is 39.8 Å². The third-order valence-corrected chi connectivity index (χ3v) is 7.37. The molecule has 2 heterocycles. The number of ether oxygens (including phenoxy) is 1. The summed E-state index contributed by atoms with van der Waals surface area (Å²) in [5.74, 6) is 0.336. The van der Waals surface area contributed by atoms with Crippen molar-refractivity contribution in [1.29, 1.82) is 0 Å². The Morgan fingerprint density at radius 1 is 1.03 bits per heavy atom. The Hall–Kier alpha value is -4.02. The number of rotatable bonds is 6. The van der Waals surface area contributed by atoms with Gasteiger partial charge in [0.15, 0.2) is 5.16 Å². The van der Waals surface area contributed by atoms with E-state index in [0.717, 1.165) is 16.7 Å². The molecule has 10 heteroatoms. The average molecular weight is 531 g/mol. The van der Waals surface area contributed by atoms with Crippen LogP contribution < -0.4 is 5.56 Å². The number of non-ortho nitro benzene ring substituents is 1. The highest BCUT2D eigenvalue weighted by Gasteiger charge is 2.21. The molecule has 0 unspecified atom stereocenters. The highest BCUT2D eigenvalue weighted by atomic mass is 32.2. The number of nitro benzene ring substituents is 1. The molecule has 1 aromatic heterocycles. The van der Waals surface area contributed by atoms with Gasteiger partial charge in [0.05, 0.1) is 34.7 Å². The molecule has 0 atom stereocenters. The van der Waals surface area contributed by atoms with Crippen LogP contribution >= 0.6 is 11.8 Å². The standard InChI is InChI=1S/C28H26N4O5S/c1-18-13-19(2)15-23(14-18)31-27(34)24-8-5-21(26(33)30-9-11-37-12-10-30)16-25(24)29-28(31)38-17-20-3-6-22(7-4-20)32(35)36/h3-8,13-16H,9-12,17H2,1-2H3.